The SMILES string of the molecule is C=CC(C)CCCC(C)(C)O/C=C(\C)c1ccccc1. The smallest absolute Gasteiger partial charge is 0.103 e. The normalized spacial score (nSPS) is 13.9. The Kier molecular flexibility index (Phi) is 6.57. The van der Waals surface area contributed by atoms with Crippen LogP contribution in [0.3, 0.4) is 0 Å². The van der Waals surface area contributed by atoms with E-state index in [1.165, 1.54) is 18.4 Å². The van der Waals surface area contributed by atoms with E-state index in [2.05, 4.69) is 58.5 Å². The highest BCUT2D eigenvalue weighted by atomic mass is 16.5. The number of hydrogen-bond acceptors (Lipinski definition) is 1. The summed E-state index contributed by atoms with van der Waals surface area (Å²) >= 11 is 0. The first-order valence-electron chi connectivity index (χ1n) is 7.47. The van der Waals surface area contributed by atoms with Crippen LogP contribution in [-0.2, 0) is 4.74 Å². The van der Waals surface area contributed by atoms with Crippen LogP contribution in [0.5, 0.6) is 0 Å². The maximum atomic E-state index is 5.97. The fourth-order valence-corrected chi connectivity index (χ4v) is 2.04. The van der Waals surface area contributed by atoms with Gasteiger partial charge in [-0.15, -0.1) is 6.58 Å². The molecule has 0 fully saturated rings. The van der Waals surface area contributed by atoms with Crippen LogP contribution < -0.4 is 0 Å². The Hall–Kier alpha value is -1.50. The zero-order valence-electron chi connectivity index (χ0n) is 13.4. The lowest BCUT2D eigenvalue weighted by atomic mass is 9.97. The van der Waals surface area contributed by atoms with Crippen molar-refractivity contribution in [1.29, 1.82) is 0 Å². The average molecular weight is 272 g/mol. The molecule has 1 atom stereocenters. The summed E-state index contributed by atoms with van der Waals surface area (Å²) in [5, 5.41) is 0. The molecule has 0 heterocycles. The molecular weight excluding hydrogens is 244 g/mol. The van der Waals surface area contributed by atoms with E-state index in [1.54, 1.807) is 0 Å². The monoisotopic (exact) mass is 272 g/mol. The number of allylic oxidation sites excluding steroid dienone is 2. The van der Waals surface area contributed by atoms with Crippen molar-refractivity contribution in [1.82, 2.24) is 0 Å². The quantitative estimate of drug-likeness (QED) is 0.427. The summed E-state index contributed by atoms with van der Waals surface area (Å²) in [5.74, 6) is 0.590. The molecule has 20 heavy (non-hydrogen) atoms. The van der Waals surface area contributed by atoms with Gasteiger partial charge in [0.2, 0.25) is 0 Å². The molecule has 0 N–H and O–H groups in total. The Balaban J connectivity index is 2.47. The van der Waals surface area contributed by atoms with Gasteiger partial charge in [0.15, 0.2) is 0 Å². The Bertz CT molecular complexity index is 428. The molecular formula is C19H28O. The minimum absolute atomic E-state index is 0.114. The first-order chi connectivity index (χ1) is 9.44. The zero-order valence-corrected chi connectivity index (χ0v) is 13.4. The summed E-state index contributed by atoms with van der Waals surface area (Å²) < 4.78 is 5.97. The standard InChI is InChI=1S/C19H28O/c1-6-16(2)11-10-14-19(4,5)20-15-17(3)18-12-8-7-9-13-18/h6-9,12-13,15-16H,1,10-11,14H2,2-5H3/b17-15+. The van der Waals surface area contributed by atoms with Crippen molar-refractivity contribution in [3.05, 3.63) is 54.8 Å². The van der Waals surface area contributed by atoms with Gasteiger partial charge >= 0.3 is 0 Å². The van der Waals surface area contributed by atoms with E-state index in [0.717, 1.165) is 12.0 Å². The van der Waals surface area contributed by atoms with E-state index in [0.29, 0.717) is 5.92 Å². The summed E-state index contributed by atoms with van der Waals surface area (Å²) in [6.07, 6.45) is 7.32. The largest absolute Gasteiger partial charge is 0.495 e. The lowest BCUT2D eigenvalue weighted by Gasteiger charge is -2.25. The molecule has 1 rings (SSSR count). The lowest BCUT2D eigenvalue weighted by molar-refractivity contribution is 0.0472. The van der Waals surface area contributed by atoms with Crippen LogP contribution >= 0.6 is 0 Å². The van der Waals surface area contributed by atoms with Crippen LogP contribution in [0.1, 0.15) is 52.5 Å². The van der Waals surface area contributed by atoms with E-state index in [4.69, 9.17) is 4.74 Å². The Morgan fingerprint density at radius 3 is 2.55 bits per heavy atom. The van der Waals surface area contributed by atoms with Crippen LogP contribution in [0, 0.1) is 5.92 Å². The highest BCUT2D eigenvalue weighted by Gasteiger charge is 2.17. The van der Waals surface area contributed by atoms with E-state index in [-0.39, 0.29) is 5.60 Å². The van der Waals surface area contributed by atoms with Gasteiger partial charge < -0.3 is 4.74 Å². The average Bonchev–Trinajstić information content (AvgIpc) is 2.45. The zero-order chi connectivity index (χ0) is 15.0. The molecule has 0 saturated heterocycles. The summed E-state index contributed by atoms with van der Waals surface area (Å²) in [5.41, 5.74) is 2.26. The molecule has 0 spiro atoms. The van der Waals surface area contributed by atoms with Crippen LogP contribution in [0.4, 0.5) is 0 Å². The molecule has 0 aliphatic rings. The van der Waals surface area contributed by atoms with Crippen LogP contribution in [0.15, 0.2) is 49.2 Å². The second kappa shape index (κ2) is 7.94. The van der Waals surface area contributed by atoms with Gasteiger partial charge in [0, 0.05) is 0 Å². The van der Waals surface area contributed by atoms with E-state index in [1.807, 2.05) is 18.4 Å². The number of rotatable bonds is 8. The van der Waals surface area contributed by atoms with Crippen molar-refractivity contribution in [2.45, 2.75) is 52.6 Å². The molecule has 0 amide bonds. The van der Waals surface area contributed by atoms with Crippen LogP contribution in [-0.4, -0.2) is 5.60 Å². The summed E-state index contributed by atoms with van der Waals surface area (Å²) in [6, 6.07) is 10.3. The van der Waals surface area contributed by atoms with Crippen molar-refractivity contribution in [2.75, 3.05) is 0 Å². The molecule has 1 unspecified atom stereocenters. The van der Waals surface area contributed by atoms with Gasteiger partial charge in [-0.3, -0.25) is 0 Å². The Morgan fingerprint density at radius 1 is 1.30 bits per heavy atom. The molecule has 0 aromatic heterocycles. The van der Waals surface area contributed by atoms with Crippen LogP contribution in [0.2, 0.25) is 0 Å². The molecule has 0 aliphatic heterocycles. The van der Waals surface area contributed by atoms with Gasteiger partial charge in [-0.05, 0) is 57.1 Å². The van der Waals surface area contributed by atoms with Gasteiger partial charge in [0.05, 0.1) is 6.26 Å². The van der Waals surface area contributed by atoms with E-state index < -0.39 is 0 Å². The fraction of sp³-hybridized carbons (Fsp3) is 0.474. The lowest BCUT2D eigenvalue weighted by Crippen LogP contribution is -2.22. The fourth-order valence-electron chi connectivity index (χ4n) is 2.04. The summed E-state index contributed by atoms with van der Waals surface area (Å²) in [7, 11) is 0. The van der Waals surface area contributed by atoms with Crippen molar-refractivity contribution >= 4 is 5.57 Å². The summed E-state index contributed by atoms with van der Waals surface area (Å²) in [4.78, 5) is 0. The summed E-state index contributed by atoms with van der Waals surface area (Å²) in [6.45, 7) is 12.4. The van der Waals surface area contributed by atoms with Gasteiger partial charge in [0.25, 0.3) is 0 Å². The Morgan fingerprint density at radius 2 is 1.95 bits per heavy atom. The molecule has 0 bridgehead atoms. The molecule has 1 nitrogen and oxygen atoms in total. The molecule has 0 radical (unpaired) electrons. The minimum atomic E-state index is -0.114. The third kappa shape index (κ3) is 6.10. The predicted molar refractivity (Wildman–Crippen MR) is 88.5 cm³/mol. The molecule has 0 saturated carbocycles. The van der Waals surface area contributed by atoms with Crippen molar-refractivity contribution in [2.24, 2.45) is 5.92 Å². The third-order valence-corrected chi connectivity index (χ3v) is 3.62. The van der Waals surface area contributed by atoms with Gasteiger partial charge in [-0.25, -0.2) is 0 Å². The predicted octanol–water partition coefficient (Wildman–Crippen LogP) is 5.84. The van der Waals surface area contributed by atoms with E-state index in [9.17, 15) is 0 Å². The van der Waals surface area contributed by atoms with Gasteiger partial charge in [-0.1, -0.05) is 43.3 Å². The van der Waals surface area contributed by atoms with E-state index >= 15 is 0 Å². The third-order valence-electron chi connectivity index (χ3n) is 3.62. The van der Waals surface area contributed by atoms with Crippen molar-refractivity contribution < 1.29 is 4.74 Å². The molecule has 110 valence electrons. The molecule has 1 aromatic carbocycles. The van der Waals surface area contributed by atoms with Gasteiger partial charge in [0.1, 0.15) is 5.60 Å². The molecule has 0 aliphatic carbocycles. The maximum absolute atomic E-state index is 5.97. The van der Waals surface area contributed by atoms with Crippen molar-refractivity contribution in [3.63, 3.8) is 0 Å². The maximum Gasteiger partial charge on any atom is 0.103 e. The second-order valence-electron chi connectivity index (χ2n) is 6.15. The highest BCUT2D eigenvalue weighted by molar-refractivity contribution is 5.62. The second-order valence-corrected chi connectivity index (χ2v) is 6.15. The number of ether oxygens (including phenoxy) is 1. The number of benzene rings is 1. The van der Waals surface area contributed by atoms with Crippen molar-refractivity contribution in [3.8, 4) is 0 Å². The first-order valence-corrected chi connectivity index (χ1v) is 7.47. The first kappa shape index (κ1) is 16.6. The number of hydrogen-bond donors (Lipinski definition) is 0. The topological polar surface area (TPSA) is 9.23 Å². The van der Waals surface area contributed by atoms with Gasteiger partial charge in [-0.2, -0.15) is 0 Å². The molecule has 1 heteroatoms. The van der Waals surface area contributed by atoms with Crippen LogP contribution in [0.25, 0.3) is 5.57 Å². The minimum Gasteiger partial charge on any atom is -0.495 e. The molecule has 1 aromatic rings. The Labute approximate surface area is 124 Å². The highest BCUT2D eigenvalue weighted by Crippen LogP contribution is 2.22.